The molecular weight excluding hydrogens is 310 g/mol. The first kappa shape index (κ1) is 16.4. The Hall–Kier alpha value is -2.41. The molecule has 2 heterocycles. The number of hydrogen-bond donors (Lipinski definition) is 1. The number of carbonyl (C=O) groups excluding carboxylic acids is 3. The van der Waals surface area contributed by atoms with Crippen molar-refractivity contribution < 1.29 is 19.1 Å². The number of hydrogen-bond acceptors (Lipinski definition) is 4. The van der Waals surface area contributed by atoms with Crippen LogP contribution in [-0.4, -0.2) is 60.5 Å². The number of imide groups is 1. The molecule has 1 atom stereocenters. The molecule has 128 valence electrons. The Balaban J connectivity index is 1.55. The molecule has 2 aliphatic rings. The Morgan fingerprint density at radius 2 is 1.88 bits per heavy atom. The SMILES string of the molecule is O=C(CCN1C(=O)CC(c2ccccc2)NC1=O)N1CCOCC1. The fraction of sp³-hybridized carbons (Fsp3) is 0.471. The van der Waals surface area contributed by atoms with Crippen molar-refractivity contribution in [1.29, 1.82) is 0 Å². The summed E-state index contributed by atoms with van der Waals surface area (Å²) in [7, 11) is 0. The van der Waals surface area contributed by atoms with Crippen LogP contribution in [0.25, 0.3) is 0 Å². The molecule has 4 amide bonds. The van der Waals surface area contributed by atoms with Gasteiger partial charge >= 0.3 is 6.03 Å². The van der Waals surface area contributed by atoms with Gasteiger partial charge in [0.05, 0.1) is 25.7 Å². The molecule has 0 radical (unpaired) electrons. The van der Waals surface area contributed by atoms with Crippen LogP contribution in [0.1, 0.15) is 24.4 Å². The van der Waals surface area contributed by atoms with Gasteiger partial charge in [-0.2, -0.15) is 0 Å². The summed E-state index contributed by atoms with van der Waals surface area (Å²) in [5, 5.41) is 2.84. The minimum Gasteiger partial charge on any atom is -0.378 e. The highest BCUT2D eigenvalue weighted by Crippen LogP contribution is 2.22. The Morgan fingerprint density at radius 1 is 1.17 bits per heavy atom. The third-order valence-corrected chi connectivity index (χ3v) is 4.34. The van der Waals surface area contributed by atoms with Crippen LogP contribution in [0, 0.1) is 0 Å². The molecule has 0 aliphatic carbocycles. The van der Waals surface area contributed by atoms with E-state index in [1.807, 2.05) is 30.3 Å². The van der Waals surface area contributed by atoms with E-state index in [1.165, 1.54) is 0 Å². The van der Waals surface area contributed by atoms with Crippen LogP contribution in [0.15, 0.2) is 30.3 Å². The fourth-order valence-corrected chi connectivity index (χ4v) is 2.97. The van der Waals surface area contributed by atoms with E-state index < -0.39 is 6.03 Å². The van der Waals surface area contributed by atoms with Gasteiger partial charge in [0.1, 0.15) is 0 Å². The third-order valence-electron chi connectivity index (χ3n) is 4.34. The number of ether oxygens (including phenoxy) is 1. The summed E-state index contributed by atoms with van der Waals surface area (Å²) < 4.78 is 5.21. The predicted molar refractivity (Wildman–Crippen MR) is 86.1 cm³/mol. The largest absolute Gasteiger partial charge is 0.378 e. The molecule has 2 saturated heterocycles. The molecule has 0 aromatic heterocycles. The Labute approximate surface area is 140 Å². The molecule has 1 aromatic rings. The maximum Gasteiger partial charge on any atom is 0.324 e. The first-order valence-electron chi connectivity index (χ1n) is 8.16. The molecule has 1 N–H and O–H groups in total. The average Bonchev–Trinajstić information content (AvgIpc) is 2.62. The monoisotopic (exact) mass is 331 g/mol. The summed E-state index contributed by atoms with van der Waals surface area (Å²) >= 11 is 0. The molecule has 0 bridgehead atoms. The van der Waals surface area contributed by atoms with E-state index in [0.29, 0.717) is 26.3 Å². The van der Waals surface area contributed by atoms with E-state index in [-0.39, 0.29) is 37.2 Å². The highest BCUT2D eigenvalue weighted by molar-refractivity contribution is 5.97. The van der Waals surface area contributed by atoms with E-state index in [4.69, 9.17) is 4.74 Å². The van der Waals surface area contributed by atoms with Gasteiger partial charge in [-0.3, -0.25) is 14.5 Å². The number of nitrogens with zero attached hydrogens (tertiary/aromatic N) is 2. The van der Waals surface area contributed by atoms with E-state index in [1.54, 1.807) is 4.90 Å². The minimum atomic E-state index is -0.435. The second-order valence-corrected chi connectivity index (χ2v) is 5.91. The number of amides is 4. The molecule has 0 saturated carbocycles. The Morgan fingerprint density at radius 3 is 2.54 bits per heavy atom. The molecule has 2 aliphatic heterocycles. The lowest BCUT2D eigenvalue weighted by atomic mass is 10.0. The van der Waals surface area contributed by atoms with Crippen molar-refractivity contribution in [3.05, 3.63) is 35.9 Å². The van der Waals surface area contributed by atoms with E-state index in [2.05, 4.69) is 5.32 Å². The maximum atomic E-state index is 12.3. The number of nitrogens with one attached hydrogen (secondary N) is 1. The first-order valence-corrected chi connectivity index (χ1v) is 8.16. The normalized spacial score (nSPS) is 21.6. The number of carbonyl (C=O) groups is 3. The van der Waals surface area contributed by atoms with Crippen molar-refractivity contribution in [2.75, 3.05) is 32.8 Å². The van der Waals surface area contributed by atoms with Crippen LogP contribution in [0.3, 0.4) is 0 Å². The first-order chi connectivity index (χ1) is 11.6. The van der Waals surface area contributed by atoms with E-state index >= 15 is 0 Å². The topological polar surface area (TPSA) is 79.0 Å². The lowest BCUT2D eigenvalue weighted by Crippen LogP contribution is -2.52. The van der Waals surface area contributed by atoms with Crippen LogP contribution in [-0.2, 0) is 14.3 Å². The van der Waals surface area contributed by atoms with Crippen LogP contribution >= 0.6 is 0 Å². The molecule has 7 heteroatoms. The molecular formula is C17H21N3O4. The second kappa shape index (κ2) is 7.44. The van der Waals surface area contributed by atoms with Gasteiger partial charge in [-0.1, -0.05) is 30.3 Å². The lowest BCUT2D eigenvalue weighted by molar-refractivity contribution is -0.136. The maximum absolute atomic E-state index is 12.3. The van der Waals surface area contributed by atoms with Crippen molar-refractivity contribution in [3.8, 4) is 0 Å². The lowest BCUT2D eigenvalue weighted by Gasteiger charge is -2.32. The number of morpholine rings is 1. The highest BCUT2D eigenvalue weighted by Gasteiger charge is 2.33. The van der Waals surface area contributed by atoms with Gasteiger partial charge in [0.25, 0.3) is 0 Å². The summed E-state index contributed by atoms with van der Waals surface area (Å²) in [5.41, 5.74) is 0.906. The van der Waals surface area contributed by atoms with Crippen molar-refractivity contribution in [2.45, 2.75) is 18.9 Å². The van der Waals surface area contributed by atoms with Crippen molar-refractivity contribution in [2.24, 2.45) is 0 Å². The van der Waals surface area contributed by atoms with Gasteiger partial charge in [-0.25, -0.2) is 4.79 Å². The van der Waals surface area contributed by atoms with Gasteiger partial charge in [0.15, 0.2) is 0 Å². The smallest absolute Gasteiger partial charge is 0.324 e. The van der Waals surface area contributed by atoms with Crippen LogP contribution in [0.2, 0.25) is 0 Å². The minimum absolute atomic E-state index is 0.0518. The molecule has 24 heavy (non-hydrogen) atoms. The van der Waals surface area contributed by atoms with Crippen LogP contribution in [0.4, 0.5) is 4.79 Å². The number of benzene rings is 1. The van der Waals surface area contributed by atoms with Crippen molar-refractivity contribution in [3.63, 3.8) is 0 Å². The van der Waals surface area contributed by atoms with Crippen molar-refractivity contribution in [1.82, 2.24) is 15.1 Å². The molecule has 3 rings (SSSR count). The molecule has 1 unspecified atom stereocenters. The summed E-state index contributed by atoms with van der Waals surface area (Å²) in [4.78, 5) is 39.5. The average molecular weight is 331 g/mol. The molecule has 7 nitrogen and oxygen atoms in total. The standard InChI is InChI=1S/C17H21N3O4/c21-15(19-8-10-24-11-9-19)6-7-20-16(22)12-14(18-17(20)23)13-4-2-1-3-5-13/h1-5,14H,6-12H2,(H,18,23). The molecule has 2 fully saturated rings. The summed E-state index contributed by atoms with van der Waals surface area (Å²) in [5.74, 6) is -0.300. The van der Waals surface area contributed by atoms with Gasteiger partial charge in [0.2, 0.25) is 11.8 Å². The predicted octanol–water partition coefficient (Wildman–Crippen LogP) is 0.918. The van der Waals surface area contributed by atoms with Gasteiger partial charge < -0.3 is 15.0 Å². The fourth-order valence-electron chi connectivity index (χ4n) is 2.97. The third kappa shape index (κ3) is 3.73. The summed E-state index contributed by atoms with van der Waals surface area (Å²) in [6.07, 6.45) is 0.358. The Kier molecular flexibility index (Phi) is 5.10. The zero-order valence-corrected chi connectivity index (χ0v) is 13.4. The summed E-state index contributed by atoms with van der Waals surface area (Å²) in [6, 6.07) is 8.66. The second-order valence-electron chi connectivity index (χ2n) is 5.91. The zero-order valence-electron chi connectivity index (χ0n) is 13.4. The van der Waals surface area contributed by atoms with Crippen LogP contribution in [0.5, 0.6) is 0 Å². The van der Waals surface area contributed by atoms with Gasteiger partial charge in [0, 0.05) is 26.1 Å². The Bertz CT molecular complexity index is 596. The quantitative estimate of drug-likeness (QED) is 0.890. The molecule has 1 aromatic carbocycles. The van der Waals surface area contributed by atoms with Gasteiger partial charge in [-0.15, -0.1) is 0 Å². The van der Waals surface area contributed by atoms with Gasteiger partial charge in [-0.05, 0) is 5.56 Å². The van der Waals surface area contributed by atoms with Crippen molar-refractivity contribution >= 4 is 17.8 Å². The summed E-state index contributed by atoms with van der Waals surface area (Å²) in [6.45, 7) is 2.31. The van der Waals surface area contributed by atoms with Crippen LogP contribution < -0.4 is 5.32 Å². The number of rotatable bonds is 4. The van der Waals surface area contributed by atoms with E-state index in [0.717, 1.165) is 10.5 Å². The highest BCUT2D eigenvalue weighted by atomic mass is 16.5. The molecule has 0 spiro atoms. The number of urea groups is 1. The zero-order chi connectivity index (χ0) is 16.9. The van der Waals surface area contributed by atoms with E-state index in [9.17, 15) is 14.4 Å².